The second-order valence-electron chi connectivity index (χ2n) is 8.92. The van der Waals surface area contributed by atoms with Gasteiger partial charge in [0.15, 0.2) is 0 Å². The Morgan fingerprint density at radius 1 is 0.432 bits per heavy atom. The molecule has 0 saturated carbocycles. The Kier molecular flexibility index (Phi) is 5.43. The van der Waals surface area contributed by atoms with E-state index in [4.69, 9.17) is 0 Å². The van der Waals surface area contributed by atoms with Gasteiger partial charge in [-0.15, -0.1) is 0 Å². The molecule has 5 heteroatoms. The first-order valence-electron chi connectivity index (χ1n) is 11.8. The van der Waals surface area contributed by atoms with Crippen molar-refractivity contribution in [2.75, 3.05) is 0 Å². The number of hydrogen-bond acceptors (Lipinski definition) is 4. The SMILES string of the molecule is O=S(=O)(c1c(-c2ccc(O)cc2)ccc2ccccc12)c1c(-c2ccc(O)cc2)ccc2ccccc12. The fraction of sp³-hybridized carbons (Fsp3) is 0. The summed E-state index contributed by atoms with van der Waals surface area (Å²) in [5.74, 6) is 0.218. The molecule has 37 heavy (non-hydrogen) atoms. The van der Waals surface area contributed by atoms with Crippen LogP contribution < -0.4 is 0 Å². The second-order valence-corrected chi connectivity index (χ2v) is 10.7. The highest BCUT2D eigenvalue weighted by molar-refractivity contribution is 7.92. The van der Waals surface area contributed by atoms with Crippen LogP contribution in [0.5, 0.6) is 11.5 Å². The predicted molar refractivity (Wildman–Crippen MR) is 148 cm³/mol. The fourth-order valence-electron chi connectivity index (χ4n) is 4.90. The number of rotatable bonds is 4. The minimum atomic E-state index is -4.10. The first-order valence-corrected chi connectivity index (χ1v) is 13.3. The Morgan fingerprint density at radius 3 is 1.22 bits per heavy atom. The van der Waals surface area contributed by atoms with Crippen LogP contribution in [0, 0.1) is 0 Å². The van der Waals surface area contributed by atoms with Gasteiger partial charge in [-0.05, 0) is 46.2 Å². The Bertz CT molecular complexity index is 1750. The van der Waals surface area contributed by atoms with E-state index in [0.29, 0.717) is 33.0 Å². The molecule has 4 nitrogen and oxygen atoms in total. The van der Waals surface area contributed by atoms with Gasteiger partial charge in [0.1, 0.15) is 11.5 Å². The number of phenols is 2. The highest BCUT2D eigenvalue weighted by atomic mass is 32.2. The van der Waals surface area contributed by atoms with Gasteiger partial charge in [-0.1, -0.05) is 97.1 Å². The summed E-state index contributed by atoms with van der Waals surface area (Å²) in [6.45, 7) is 0. The van der Waals surface area contributed by atoms with Crippen molar-refractivity contribution in [2.45, 2.75) is 9.79 Å². The topological polar surface area (TPSA) is 74.6 Å². The number of benzene rings is 6. The quantitative estimate of drug-likeness (QED) is 0.261. The van der Waals surface area contributed by atoms with Gasteiger partial charge in [-0.2, -0.15) is 0 Å². The van der Waals surface area contributed by atoms with Gasteiger partial charge in [0.25, 0.3) is 0 Å². The monoisotopic (exact) mass is 502 g/mol. The zero-order valence-corrected chi connectivity index (χ0v) is 20.5. The van der Waals surface area contributed by atoms with E-state index >= 15 is 0 Å². The van der Waals surface area contributed by atoms with Crippen molar-refractivity contribution < 1.29 is 18.6 Å². The summed E-state index contributed by atoms with van der Waals surface area (Å²) in [5, 5.41) is 22.6. The van der Waals surface area contributed by atoms with E-state index in [2.05, 4.69) is 0 Å². The zero-order chi connectivity index (χ0) is 25.6. The largest absolute Gasteiger partial charge is 0.508 e. The van der Waals surface area contributed by atoms with Crippen molar-refractivity contribution in [1.82, 2.24) is 0 Å². The van der Waals surface area contributed by atoms with E-state index in [1.54, 1.807) is 48.5 Å². The summed E-state index contributed by atoms with van der Waals surface area (Å²) < 4.78 is 29.8. The number of phenolic OH excluding ortho intramolecular Hbond substituents is 2. The average Bonchev–Trinajstić information content (AvgIpc) is 2.92. The Hall–Kier alpha value is -4.61. The van der Waals surface area contributed by atoms with Crippen molar-refractivity contribution in [3.63, 3.8) is 0 Å². The molecular weight excluding hydrogens is 480 g/mol. The molecule has 0 aliphatic carbocycles. The van der Waals surface area contributed by atoms with Gasteiger partial charge in [0, 0.05) is 21.9 Å². The van der Waals surface area contributed by atoms with E-state index in [1.807, 2.05) is 72.8 Å². The van der Waals surface area contributed by atoms with Gasteiger partial charge < -0.3 is 10.2 Å². The van der Waals surface area contributed by atoms with Crippen LogP contribution in [-0.2, 0) is 9.84 Å². The zero-order valence-electron chi connectivity index (χ0n) is 19.7. The van der Waals surface area contributed by atoms with E-state index < -0.39 is 9.84 Å². The summed E-state index contributed by atoms with van der Waals surface area (Å²) >= 11 is 0. The molecule has 0 aliphatic rings. The molecule has 0 heterocycles. The molecule has 0 amide bonds. The normalized spacial score (nSPS) is 11.7. The number of hydrogen-bond donors (Lipinski definition) is 2. The average molecular weight is 503 g/mol. The minimum Gasteiger partial charge on any atom is -0.508 e. The van der Waals surface area contributed by atoms with Gasteiger partial charge in [0.05, 0.1) is 9.79 Å². The molecular formula is C32H22O4S. The highest BCUT2D eigenvalue weighted by Gasteiger charge is 2.29. The third-order valence-corrected chi connectivity index (χ3v) is 8.61. The molecule has 0 aliphatic heterocycles. The lowest BCUT2D eigenvalue weighted by atomic mass is 10.0. The van der Waals surface area contributed by atoms with Crippen molar-refractivity contribution in [3.05, 3.63) is 121 Å². The molecule has 0 unspecified atom stereocenters. The first-order chi connectivity index (χ1) is 17.9. The maximum Gasteiger partial charge on any atom is 0.209 e. The standard InChI is InChI=1S/C32H22O4S/c33-25-15-9-23(10-16-25)29-19-13-21-5-1-3-7-27(21)31(29)37(35,36)32-28-8-4-2-6-22(28)14-20-30(32)24-11-17-26(34)18-12-24/h1-20,33-34H. The van der Waals surface area contributed by atoms with Crippen molar-refractivity contribution in [1.29, 1.82) is 0 Å². The molecule has 0 aromatic heterocycles. The van der Waals surface area contributed by atoms with Crippen LogP contribution in [0.2, 0.25) is 0 Å². The van der Waals surface area contributed by atoms with E-state index in [1.165, 1.54) is 0 Å². The maximum absolute atomic E-state index is 14.9. The lowest BCUT2D eigenvalue weighted by molar-refractivity contribution is 0.475. The molecule has 180 valence electrons. The molecule has 6 aromatic carbocycles. The molecule has 2 N–H and O–H groups in total. The Labute approximate surface area is 214 Å². The first kappa shape index (κ1) is 22.8. The minimum absolute atomic E-state index is 0.109. The smallest absolute Gasteiger partial charge is 0.209 e. The molecule has 0 spiro atoms. The fourth-order valence-corrected chi connectivity index (χ4v) is 7.01. The molecule has 0 atom stereocenters. The van der Waals surface area contributed by atoms with Crippen molar-refractivity contribution >= 4 is 31.4 Å². The van der Waals surface area contributed by atoms with E-state index in [9.17, 15) is 18.6 Å². The molecule has 6 rings (SSSR count). The van der Waals surface area contributed by atoms with Crippen LogP contribution in [-0.4, -0.2) is 18.6 Å². The predicted octanol–water partition coefficient (Wildman–Crippen LogP) is 7.57. The third-order valence-electron chi connectivity index (χ3n) is 6.65. The molecule has 0 saturated heterocycles. The van der Waals surface area contributed by atoms with Gasteiger partial charge in [0.2, 0.25) is 9.84 Å². The van der Waals surface area contributed by atoms with E-state index in [0.717, 1.165) is 10.8 Å². The van der Waals surface area contributed by atoms with Crippen LogP contribution in [0.1, 0.15) is 0 Å². The molecule has 0 bridgehead atoms. The number of sulfone groups is 1. The Balaban J connectivity index is 1.74. The van der Waals surface area contributed by atoms with Crippen LogP contribution >= 0.6 is 0 Å². The third kappa shape index (κ3) is 3.90. The number of aromatic hydroxyl groups is 2. The molecule has 6 aromatic rings. The van der Waals surface area contributed by atoms with Crippen molar-refractivity contribution in [3.8, 4) is 33.8 Å². The van der Waals surface area contributed by atoms with Gasteiger partial charge >= 0.3 is 0 Å². The maximum atomic E-state index is 14.9. The lowest BCUT2D eigenvalue weighted by Gasteiger charge is -2.19. The summed E-state index contributed by atoms with van der Waals surface area (Å²) in [7, 11) is -4.10. The molecule has 0 radical (unpaired) electrons. The number of fused-ring (bicyclic) bond motifs is 2. The Morgan fingerprint density at radius 2 is 0.811 bits per heavy atom. The second kappa shape index (κ2) is 8.80. The summed E-state index contributed by atoms with van der Waals surface area (Å²) in [4.78, 5) is 0.431. The van der Waals surface area contributed by atoms with E-state index in [-0.39, 0.29) is 21.3 Å². The lowest BCUT2D eigenvalue weighted by Crippen LogP contribution is -2.08. The van der Waals surface area contributed by atoms with Crippen molar-refractivity contribution in [2.24, 2.45) is 0 Å². The summed E-state index contributed by atoms with van der Waals surface area (Å²) in [5.41, 5.74) is 2.49. The van der Waals surface area contributed by atoms with Crippen LogP contribution in [0.15, 0.2) is 131 Å². The van der Waals surface area contributed by atoms with Crippen LogP contribution in [0.25, 0.3) is 43.8 Å². The highest BCUT2D eigenvalue weighted by Crippen LogP contribution is 2.43. The molecule has 0 fully saturated rings. The van der Waals surface area contributed by atoms with Gasteiger partial charge in [-0.3, -0.25) is 0 Å². The summed E-state index contributed by atoms with van der Waals surface area (Å²) in [6, 6.07) is 35.5. The van der Waals surface area contributed by atoms with Gasteiger partial charge in [-0.25, -0.2) is 8.42 Å². The summed E-state index contributed by atoms with van der Waals surface area (Å²) in [6.07, 6.45) is 0. The van der Waals surface area contributed by atoms with Crippen LogP contribution in [0.3, 0.4) is 0 Å². The van der Waals surface area contributed by atoms with Crippen LogP contribution in [0.4, 0.5) is 0 Å².